The zero-order chi connectivity index (χ0) is 49.2. The number of rotatable bonds is 54. The molecule has 1 N–H and O–H groups in total. The zero-order valence-electron chi connectivity index (χ0n) is 45.2. The number of esters is 2. The van der Waals surface area contributed by atoms with Crippen LogP contribution in [0.25, 0.3) is 0 Å². The third kappa shape index (κ3) is 53.9. The first-order valence-electron chi connectivity index (χ1n) is 28.9. The number of quaternary nitrogens is 1. The van der Waals surface area contributed by atoms with Crippen LogP contribution < -0.4 is 0 Å². The van der Waals surface area contributed by atoms with Crippen molar-refractivity contribution in [1.29, 1.82) is 0 Å². The highest BCUT2D eigenvalue weighted by molar-refractivity contribution is 7.47. The summed E-state index contributed by atoms with van der Waals surface area (Å²) in [5.74, 6) is -0.816. The topological polar surface area (TPSA) is 108 Å². The second-order valence-electron chi connectivity index (χ2n) is 21.0. The number of hydrogen-bond acceptors (Lipinski definition) is 7. The van der Waals surface area contributed by atoms with Crippen molar-refractivity contribution in [3.05, 3.63) is 12.2 Å². The molecule has 67 heavy (non-hydrogen) atoms. The Bertz CT molecular complexity index is 1140. The van der Waals surface area contributed by atoms with Gasteiger partial charge in [-0.05, 0) is 32.1 Å². The lowest BCUT2D eigenvalue weighted by Crippen LogP contribution is -2.37. The fourth-order valence-corrected chi connectivity index (χ4v) is 9.29. The van der Waals surface area contributed by atoms with E-state index >= 15 is 0 Å². The largest absolute Gasteiger partial charge is 0.472 e. The summed E-state index contributed by atoms with van der Waals surface area (Å²) in [6, 6.07) is 0. The Morgan fingerprint density at radius 3 is 1.15 bits per heavy atom. The minimum absolute atomic E-state index is 0.0310. The van der Waals surface area contributed by atoms with Gasteiger partial charge in [-0.1, -0.05) is 257 Å². The van der Waals surface area contributed by atoms with Gasteiger partial charge in [0.1, 0.15) is 19.8 Å². The molecular formula is C57H113NO8P+. The van der Waals surface area contributed by atoms with Crippen molar-refractivity contribution in [3.63, 3.8) is 0 Å². The van der Waals surface area contributed by atoms with Gasteiger partial charge in [0, 0.05) is 12.8 Å². The van der Waals surface area contributed by atoms with E-state index in [0.29, 0.717) is 23.9 Å². The second kappa shape index (κ2) is 49.7. The molecule has 0 fully saturated rings. The third-order valence-electron chi connectivity index (χ3n) is 13.0. The van der Waals surface area contributed by atoms with Crippen LogP contribution in [0, 0.1) is 0 Å². The van der Waals surface area contributed by atoms with Crippen LogP contribution in [0.5, 0.6) is 0 Å². The number of ether oxygens (including phenoxy) is 2. The van der Waals surface area contributed by atoms with Crippen molar-refractivity contribution < 1.29 is 42.1 Å². The number of nitrogens with zero attached hydrogens (tertiary/aromatic N) is 1. The number of likely N-dealkylation sites (N-methyl/N-ethyl adjacent to an activating group) is 1. The van der Waals surface area contributed by atoms with Crippen LogP contribution in [0.15, 0.2) is 12.2 Å². The van der Waals surface area contributed by atoms with Gasteiger partial charge >= 0.3 is 19.8 Å². The number of allylic oxidation sites excluding steroid dienone is 2. The first kappa shape index (κ1) is 65.8. The van der Waals surface area contributed by atoms with E-state index < -0.39 is 26.5 Å². The monoisotopic (exact) mass is 971 g/mol. The van der Waals surface area contributed by atoms with E-state index in [1.807, 2.05) is 21.1 Å². The van der Waals surface area contributed by atoms with Crippen LogP contribution in [-0.4, -0.2) is 74.9 Å². The van der Waals surface area contributed by atoms with Gasteiger partial charge in [0.25, 0.3) is 0 Å². The lowest BCUT2D eigenvalue weighted by molar-refractivity contribution is -0.870. The molecule has 0 heterocycles. The summed E-state index contributed by atoms with van der Waals surface area (Å²) in [6.45, 7) is 4.47. The number of hydrogen-bond donors (Lipinski definition) is 1. The lowest BCUT2D eigenvalue weighted by atomic mass is 10.0. The first-order chi connectivity index (χ1) is 32.5. The Morgan fingerprint density at radius 2 is 0.776 bits per heavy atom. The molecule has 0 aliphatic carbocycles. The molecule has 0 rings (SSSR count). The highest BCUT2D eigenvalue weighted by Gasteiger charge is 2.27. The standard InChI is InChI=1S/C57H112NO8P/c1-6-8-10-12-14-16-18-20-22-24-26-28-29-30-32-34-36-38-40-42-44-46-48-50-57(60)66-55(54-65-67(61,62)64-52-51-58(3,4)5)53-63-56(59)49-47-45-43-41-39-37-35-33-31-27-25-23-21-19-17-15-13-11-9-7-2/h42,44,55H,6-41,43,45-54H2,1-5H3/p+1/b44-42+/t55-/m1/s1. The molecule has 9 nitrogen and oxygen atoms in total. The molecule has 0 aromatic rings. The Morgan fingerprint density at radius 1 is 0.448 bits per heavy atom. The Labute approximate surface area is 416 Å². The molecule has 10 heteroatoms. The molecule has 2 atom stereocenters. The number of carbonyl (C=O) groups is 2. The average molecular weight is 972 g/mol. The van der Waals surface area contributed by atoms with Gasteiger partial charge in [-0.15, -0.1) is 0 Å². The van der Waals surface area contributed by atoms with Crippen LogP contribution in [-0.2, 0) is 32.7 Å². The summed E-state index contributed by atoms with van der Waals surface area (Å²) >= 11 is 0. The number of phosphoric acid groups is 1. The van der Waals surface area contributed by atoms with Crippen molar-refractivity contribution in [2.45, 2.75) is 296 Å². The van der Waals surface area contributed by atoms with E-state index in [0.717, 1.165) is 32.1 Å². The number of phosphoric ester groups is 1. The SMILES string of the molecule is CCCCCCCCCCCCCCCCCCCC/C=C/CCCC(=O)O[C@H](COC(=O)CCCCCCCCCCCCCCCCCCCCCC)COP(=O)(O)OCC[N+](C)(C)C. The quantitative estimate of drug-likeness (QED) is 0.0211. The van der Waals surface area contributed by atoms with Gasteiger partial charge in [-0.2, -0.15) is 0 Å². The average Bonchev–Trinajstić information content (AvgIpc) is 3.29. The van der Waals surface area contributed by atoms with Gasteiger partial charge in [0.15, 0.2) is 6.10 Å². The second-order valence-corrected chi connectivity index (χ2v) is 22.5. The van der Waals surface area contributed by atoms with Crippen LogP contribution in [0.1, 0.15) is 290 Å². The van der Waals surface area contributed by atoms with Gasteiger partial charge in [-0.3, -0.25) is 18.6 Å². The number of unbranched alkanes of at least 4 members (excludes halogenated alkanes) is 38. The first-order valence-corrected chi connectivity index (χ1v) is 30.4. The van der Waals surface area contributed by atoms with E-state index in [-0.39, 0.29) is 25.6 Å². The van der Waals surface area contributed by atoms with Crippen LogP contribution in [0.3, 0.4) is 0 Å². The molecule has 0 saturated carbocycles. The maximum Gasteiger partial charge on any atom is 0.472 e. The summed E-state index contributed by atoms with van der Waals surface area (Å²) < 4.78 is 34.5. The molecule has 1 unspecified atom stereocenters. The smallest absolute Gasteiger partial charge is 0.462 e. The molecule has 0 amide bonds. The minimum atomic E-state index is -4.39. The summed E-state index contributed by atoms with van der Waals surface area (Å²) in [6.07, 6.45) is 57.2. The molecule has 398 valence electrons. The molecule has 0 aromatic heterocycles. The summed E-state index contributed by atoms with van der Waals surface area (Å²) in [4.78, 5) is 35.6. The van der Waals surface area contributed by atoms with E-state index in [2.05, 4.69) is 26.0 Å². The predicted octanol–water partition coefficient (Wildman–Crippen LogP) is 17.7. The maximum absolute atomic E-state index is 12.8. The van der Waals surface area contributed by atoms with Crippen LogP contribution in [0.2, 0.25) is 0 Å². The third-order valence-corrected chi connectivity index (χ3v) is 14.0. The van der Waals surface area contributed by atoms with E-state index in [1.54, 1.807) is 0 Å². The molecule has 0 aliphatic rings. The Hall–Kier alpha value is -1.25. The molecule has 0 bridgehead atoms. The maximum atomic E-state index is 12.8. The van der Waals surface area contributed by atoms with Crippen molar-refractivity contribution in [1.82, 2.24) is 0 Å². The fraction of sp³-hybridized carbons (Fsp3) is 0.930. The highest BCUT2D eigenvalue weighted by atomic mass is 31.2. The molecule has 0 aromatic carbocycles. The summed E-state index contributed by atoms with van der Waals surface area (Å²) in [5.41, 5.74) is 0. The van der Waals surface area contributed by atoms with E-state index in [9.17, 15) is 19.0 Å². The normalized spacial score (nSPS) is 13.3. The summed E-state index contributed by atoms with van der Waals surface area (Å²) in [7, 11) is 1.48. The molecular weight excluding hydrogens is 858 g/mol. The fourth-order valence-electron chi connectivity index (χ4n) is 8.55. The minimum Gasteiger partial charge on any atom is -0.462 e. The van der Waals surface area contributed by atoms with E-state index in [1.165, 1.54) is 225 Å². The Balaban J connectivity index is 4.16. The zero-order valence-corrected chi connectivity index (χ0v) is 46.1. The van der Waals surface area contributed by atoms with Gasteiger partial charge < -0.3 is 18.9 Å². The van der Waals surface area contributed by atoms with Gasteiger partial charge in [0.2, 0.25) is 0 Å². The van der Waals surface area contributed by atoms with Crippen LogP contribution >= 0.6 is 7.82 Å². The van der Waals surface area contributed by atoms with Crippen LogP contribution in [0.4, 0.5) is 0 Å². The molecule has 0 saturated heterocycles. The van der Waals surface area contributed by atoms with Crippen molar-refractivity contribution in [2.24, 2.45) is 0 Å². The van der Waals surface area contributed by atoms with E-state index in [4.69, 9.17) is 18.5 Å². The van der Waals surface area contributed by atoms with Crippen molar-refractivity contribution in [3.8, 4) is 0 Å². The van der Waals surface area contributed by atoms with Gasteiger partial charge in [-0.25, -0.2) is 4.57 Å². The molecule has 0 radical (unpaired) electrons. The van der Waals surface area contributed by atoms with Crippen molar-refractivity contribution in [2.75, 3.05) is 47.5 Å². The van der Waals surface area contributed by atoms with Crippen molar-refractivity contribution >= 4 is 19.8 Å². The predicted molar refractivity (Wildman–Crippen MR) is 284 cm³/mol. The Kier molecular flexibility index (Phi) is 48.8. The molecule has 0 aliphatic heterocycles. The molecule has 0 spiro atoms. The number of carbonyl (C=O) groups excluding carboxylic acids is 2. The highest BCUT2D eigenvalue weighted by Crippen LogP contribution is 2.43. The lowest BCUT2D eigenvalue weighted by Gasteiger charge is -2.24. The summed E-state index contributed by atoms with van der Waals surface area (Å²) in [5, 5.41) is 0. The van der Waals surface area contributed by atoms with Gasteiger partial charge in [0.05, 0.1) is 27.7 Å².